The quantitative estimate of drug-likeness (QED) is 0.700. The Balaban J connectivity index is 1.37. The van der Waals surface area contributed by atoms with Gasteiger partial charge in [0.15, 0.2) is 0 Å². The monoisotopic (exact) mass is 391 g/mol. The second-order valence-electron chi connectivity index (χ2n) is 8.03. The van der Waals surface area contributed by atoms with Crippen molar-refractivity contribution in [3.63, 3.8) is 0 Å². The summed E-state index contributed by atoms with van der Waals surface area (Å²) in [7, 11) is 0. The van der Waals surface area contributed by atoms with Crippen molar-refractivity contribution in [3.05, 3.63) is 58.7 Å². The highest BCUT2D eigenvalue weighted by Crippen LogP contribution is 2.26. The zero-order valence-electron chi connectivity index (χ0n) is 17.0. The maximum absolute atomic E-state index is 6.14. The molecule has 152 valence electrons. The lowest BCUT2D eigenvalue weighted by Crippen LogP contribution is -2.41. The third kappa shape index (κ3) is 4.02. The molecule has 1 aromatic heterocycles. The maximum atomic E-state index is 6.14. The molecule has 0 amide bonds. The van der Waals surface area contributed by atoms with Crippen LogP contribution < -0.4 is 15.2 Å². The average molecular weight is 392 g/mol. The number of benzene rings is 1. The molecule has 5 rings (SSSR count). The summed E-state index contributed by atoms with van der Waals surface area (Å²) in [6.07, 6.45) is 5.32. The lowest BCUT2D eigenvalue weighted by atomic mass is 10.0. The van der Waals surface area contributed by atoms with Crippen molar-refractivity contribution in [3.8, 4) is 5.75 Å². The Morgan fingerprint density at radius 3 is 2.83 bits per heavy atom. The Morgan fingerprint density at radius 1 is 1.03 bits per heavy atom. The Bertz CT molecular complexity index is 967. The van der Waals surface area contributed by atoms with Crippen LogP contribution in [0.4, 0.5) is 0 Å². The van der Waals surface area contributed by atoms with Crippen LogP contribution in [0.5, 0.6) is 5.75 Å². The first-order valence-corrected chi connectivity index (χ1v) is 10.8. The molecule has 29 heavy (non-hydrogen) atoms. The summed E-state index contributed by atoms with van der Waals surface area (Å²) in [4.78, 5) is 9.61. The topological polar surface area (TPSA) is 37.8 Å². The fraction of sp³-hybridized carbons (Fsp3) is 0.458. The van der Waals surface area contributed by atoms with E-state index in [1.165, 1.54) is 28.1 Å². The minimum atomic E-state index is 0.756. The molecule has 0 aliphatic carbocycles. The Morgan fingerprint density at radius 2 is 1.97 bits per heavy atom. The van der Waals surface area contributed by atoms with Crippen LogP contribution in [0.3, 0.4) is 0 Å². The fourth-order valence-corrected chi connectivity index (χ4v) is 4.66. The Hall–Kier alpha value is -2.37. The van der Waals surface area contributed by atoms with Crippen LogP contribution in [0.2, 0.25) is 0 Å². The molecular formula is C24H29N3O2. The second kappa shape index (κ2) is 8.56. The van der Waals surface area contributed by atoms with Crippen molar-refractivity contribution in [1.29, 1.82) is 0 Å². The van der Waals surface area contributed by atoms with Crippen molar-refractivity contribution in [1.82, 2.24) is 14.8 Å². The smallest absolute Gasteiger partial charge is 0.119 e. The van der Waals surface area contributed by atoms with Crippen LogP contribution in [0.15, 0.2) is 42.6 Å². The van der Waals surface area contributed by atoms with Gasteiger partial charge >= 0.3 is 0 Å². The zero-order valence-corrected chi connectivity index (χ0v) is 17.0. The highest BCUT2D eigenvalue weighted by Gasteiger charge is 2.24. The molecule has 2 aromatic rings. The number of pyridine rings is 1. The molecule has 0 bridgehead atoms. The molecule has 5 heteroatoms. The number of morpholine rings is 1. The van der Waals surface area contributed by atoms with Crippen LogP contribution in [0.25, 0.3) is 11.3 Å². The van der Waals surface area contributed by atoms with Crippen molar-refractivity contribution in [2.45, 2.75) is 19.3 Å². The molecule has 3 aliphatic heterocycles. The summed E-state index contributed by atoms with van der Waals surface area (Å²) in [6.45, 7) is 7.72. The van der Waals surface area contributed by atoms with E-state index < -0.39 is 0 Å². The van der Waals surface area contributed by atoms with E-state index in [1.54, 1.807) is 0 Å². The predicted octanol–water partition coefficient (Wildman–Crippen LogP) is 1.60. The number of hydrogen-bond donors (Lipinski definition) is 0. The van der Waals surface area contributed by atoms with E-state index in [-0.39, 0.29) is 0 Å². The maximum Gasteiger partial charge on any atom is 0.119 e. The molecular weight excluding hydrogens is 362 g/mol. The summed E-state index contributed by atoms with van der Waals surface area (Å²) in [5.74, 6) is 0.979. The van der Waals surface area contributed by atoms with Gasteiger partial charge < -0.3 is 14.4 Å². The zero-order chi connectivity index (χ0) is 19.5. The lowest BCUT2D eigenvalue weighted by Gasteiger charge is -2.27. The van der Waals surface area contributed by atoms with Crippen LogP contribution in [-0.4, -0.2) is 67.3 Å². The van der Waals surface area contributed by atoms with Gasteiger partial charge in [0.05, 0.1) is 25.5 Å². The normalized spacial score (nSPS) is 19.2. The number of rotatable bonds is 6. The number of ether oxygens (including phenoxy) is 2. The molecule has 2 saturated heterocycles. The van der Waals surface area contributed by atoms with Gasteiger partial charge in [-0.25, -0.2) is 0 Å². The Kier molecular flexibility index (Phi) is 5.50. The highest BCUT2D eigenvalue weighted by molar-refractivity contribution is 5.69. The van der Waals surface area contributed by atoms with Crippen LogP contribution >= 0.6 is 0 Å². The van der Waals surface area contributed by atoms with Gasteiger partial charge in [-0.1, -0.05) is 12.1 Å². The first kappa shape index (κ1) is 18.6. The minimum Gasteiger partial charge on any atom is -0.494 e. The van der Waals surface area contributed by atoms with E-state index in [0.29, 0.717) is 0 Å². The van der Waals surface area contributed by atoms with Crippen molar-refractivity contribution < 1.29 is 9.47 Å². The van der Waals surface area contributed by atoms with E-state index >= 15 is 0 Å². The van der Waals surface area contributed by atoms with Crippen molar-refractivity contribution >= 4 is 11.3 Å². The van der Waals surface area contributed by atoms with Gasteiger partial charge in [-0.05, 0) is 48.7 Å². The van der Waals surface area contributed by atoms with Gasteiger partial charge in [0.1, 0.15) is 5.75 Å². The van der Waals surface area contributed by atoms with Gasteiger partial charge in [0, 0.05) is 55.4 Å². The molecule has 1 aromatic carbocycles. The molecule has 0 radical (unpaired) electrons. The number of hydrogen-bond acceptors (Lipinski definition) is 5. The van der Waals surface area contributed by atoms with Crippen molar-refractivity contribution in [2.75, 3.05) is 52.5 Å². The van der Waals surface area contributed by atoms with Crippen molar-refractivity contribution in [2.24, 2.45) is 0 Å². The summed E-state index contributed by atoms with van der Waals surface area (Å²) < 4.78 is 11.6. The first-order valence-electron chi connectivity index (χ1n) is 10.8. The average Bonchev–Trinajstić information content (AvgIpc) is 3.26. The molecule has 0 N–H and O–H groups in total. The standard InChI is InChI=1S/C24H29N3O2/c1-2-9-25-23(5-1)22-18-27-11-3-6-24(27)21-17-19(7-8-20(21)22)29-14-4-10-26-12-15-28-16-13-26/h1-2,5,7-9,17H,3-4,6,10-16,18H2. The van der Waals surface area contributed by atoms with Gasteiger partial charge in [-0.15, -0.1) is 0 Å². The van der Waals surface area contributed by atoms with Crippen LogP contribution in [0, 0.1) is 0 Å². The summed E-state index contributed by atoms with van der Waals surface area (Å²) in [5, 5.41) is 2.65. The van der Waals surface area contributed by atoms with Gasteiger partial charge in [0.2, 0.25) is 0 Å². The van der Waals surface area contributed by atoms with Gasteiger partial charge in [-0.3, -0.25) is 9.88 Å². The fourth-order valence-electron chi connectivity index (χ4n) is 4.66. The van der Waals surface area contributed by atoms with E-state index in [1.807, 2.05) is 12.3 Å². The van der Waals surface area contributed by atoms with Gasteiger partial charge in [-0.2, -0.15) is 0 Å². The molecule has 0 unspecified atom stereocenters. The second-order valence-corrected chi connectivity index (χ2v) is 8.03. The SMILES string of the molecule is c1ccc(C2=c3ccc(OCCCN4CCOCC4)cc3=C3CCCN3C2)nc1. The molecule has 0 spiro atoms. The predicted molar refractivity (Wildman–Crippen MR) is 114 cm³/mol. The molecule has 0 saturated carbocycles. The first-order chi connectivity index (χ1) is 14.4. The molecule has 4 heterocycles. The Labute approximate surface area is 172 Å². The van der Waals surface area contributed by atoms with E-state index in [2.05, 4.69) is 45.1 Å². The molecule has 0 atom stereocenters. The third-order valence-electron chi connectivity index (χ3n) is 6.16. The van der Waals surface area contributed by atoms with Crippen LogP contribution in [-0.2, 0) is 4.74 Å². The minimum absolute atomic E-state index is 0.756. The molecule has 5 nitrogen and oxygen atoms in total. The molecule has 2 fully saturated rings. The number of aromatic nitrogens is 1. The summed E-state index contributed by atoms with van der Waals surface area (Å²) >= 11 is 0. The summed E-state index contributed by atoms with van der Waals surface area (Å²) in [6, 6.07) is 12.8. The third-order valence-corrected chi connectivity index (χ3v) is 6.16. The van der Waals surface area contributed by atoms with E-state index in [4.69, 9.17) is 9.47 Å². The number of nitrogens with zero attached hydrogens (tertiary/aromatic N) is 3. The lowest BCUT2D eigenvalue weighted by molar-refractivity contribution is 0.0358. The summed E-state index contributed by atoms with van der Waals surface area (Å²) in [5.41, 5.74) is 3.88. The van der Waals surface area contributed by atoms with Gasteiger partial charge in [0.25, 0.3) is 0 Å². The van der Waals surface area contributed by atoms with E-state index in [0.717, 1.165) is 76.8 Å². The largest absolute Gasteiger partial charge is 0.494 e. The molecule has 3 aliphatic rings. The van der Waals surface area contributed by atoms with E-state index in [9.17, 15) is 0 Å². The van der Waals surface area contributed by atoms with Crippen LogP contribution in [0.1, 0.15) is 25.0 Å². The number of fused-ring (bicyclic) bond motifs is 2. The highest BCUT2D eigenvalue weighted by atomic mass is 16.5.